The number of likely N-dealkylation sites (tertiary alicyclic amines) is 1. The lowest BCUT2D eigenvalue weighted by Crippen LogP contribution is -2.52. The van der Waals surface area contributed by atoms with Gasteiger partial charge in [0.2, 0.25) is 0 Å². The third kappa shape index (κ3) is 5.58. The minimum Gasteiger partial charge on any atom is -0.300 e. The van der Waals surface area contributed by atoms with Crippen molar-refractivity contribution in [1.82, 2.24) is 13.9 Å². The molecule has 0 amide bonds. The number of fused-ring (bicyclic) bond motifs is 1. The number of benzene rings is 1. The van der Waals surface area contributed by atoms with E-state index >= 15 is 0 Å². The fourth-order valence-electron chi connectivity index (χ4n) is 6.75. The molecule has 5 nitrogen and oxygen atoms in total. The highest BCUT2D eigenvalue weighted by atomic mass is 32.2. The van der Waals surface area contributed by atoms with Crippen molar-refractivity contribution in [3.05, 3.63) is 41.0 Å². The van der Waals surface area contributed by atoms with E-state index in [0.717, 1.165) is 29.5 Å². The fraction of sp³-hybridized carbons (Fsp3) is 0.680. The van der Waals surface area contributed by atoms with Crippen LogP contribution in [0, 0.1) is 17.8 Å². The second-order valence-electron chi connectivity index (χ2n) is 11.0. The molecule has 2 aliphatic carbocycles. The van der Waals surface area contributed by atoms with Crippen molar-refractivity contribution in [1.29, 1.82) is 0 Å². The van der Waals surface area contributed by atoms with Crippen LogP contribution in [0.25, 0.3) is 6.08 Å². The quantitative estimate of drug-likeness (QED) is 0.559. The number of halogens is 6. The van der Waals surface area contributed by atoms with E-state index in [1.807, 2.05) is 35.3 Å². The predicted molar refractivity (Wildman–Crippen MR) is 127 cm³/mol. The molecule has 1 unspecified atom stereocenters. The summed E-state index contributed by atoms with van der Waals surface area (Å²) in [5, 5.41) is 0. The van der Waals surface area contributed by atoms with Gasteiger partial charge in [-0.25, -0.2) is 0 Å². The van der Waals surface area contributed by atoms with E-state index in [1.165, 1.54) is 0 Å². The van der Waals surface area contributed by atoms with Gasteiger partial charge in [-0.2, -0.15) is 43.8 Å². The molecule has 5 rings (SSSR count). The molecule has 1 aromatic rings. The average Bonchev–Trinajstić information content (AvgIpc) is 3.17. The number of rotatable bonds is 4. The lowest BCUT2D eigenvalue weighted by Gasteiger charge is -2.33. The zero-order valence-corrected chi connectivity index (χ0v) is 21.1. The van der Waals surface area contributed by atoms with E-state index in [9.17, 15) is 34.8 Å². The Bertz CT molecular complexity index is 1140. The molecule has 3 atom stereocenters. The van der Waals surface area contributed by atoms with Gasteiger partial charge >= 0.3 is 12.4 Å². The Morgan fingerprint density at radius 3 is 2.24 bits per heavy atom. The summed E-state index contributed by atoms with van der Waals surface area (Å²) in [7, 11) is -4.22. The van der Waals surface area contributed by atoms with E-state index in [1.54, 1.807) is 0 Å². The molecule has 2 bridgehead atoms. The maximum absolute atomic E-state index is 13.1. The lowest BCUT2D eigenvalue weighted by molar-refractivity contribution is -0.184. The maximum Gasteiger partial charge on any atom is 0.402 e. The van der Waals surface area contributed by atoms with Crippen LogP contribution >= 0.6 is 0 Å². The standard InChI is InChI=1S/C25H31F6N3O2S/c26-24(27,28)16-34-15-23(32-37(34,35)36)21-5-6-22(23)14-19-12-17(3-4-18(19)13-21)2-1-9-33-10-7-20(8-11-33)25(29,30)31/h1-4,12,20-22,32H,5-11,13-16H2/b2-1+/t21-,22?,23+/m0/s1. The molecule has 2 heterocycles. The summed E-state index contributed by atoms with van der Waals surface area (Å²) < 4.78 is 106. The van der Waals surface area contributed by atoms with Crippen LogP contribution in [0.2, 0.25) is 0 Å². The minimum atomic E-state index is -4.61. The number of nitrogens with zero attached hydrogens (tertiary/aromatic N) is 2. The smallest absolute Gasteiger partial charge is 0.300 e. The Kier molecular flexibility index (Phi) is 6.94. The Labute approximate surface area is 213 Å². The van der Waals surface area contributed by atoms with E-state index in [0.29, 0.717) is 36.8 Å². The van der Waals surface area contributed by atoms with Crippen LogP contribution in [0.5, 0.6) is 0 Å². The molecule has 1 spiro atoms. The summed E-state index contributed by atoms with van der Waals surface area (Å²) in [6, 6.07) is 6.02. The molecule has 12 heteroatoms. The van der Waals surface area contributed by atoms with Crippen LogP contribution in [0.4, 0.5) is 26.3 Å². The highest BCUT2D eigenvalue weighted by molar-refractivity contribution is 7.87. The van der Waals surface area contributed by atoms with Crippen molar-refractivity contribution >= 4 is 16.3 Å². The van der Waals surface area contributed by atoms with Crippen LogP contribution in [-0.4, -0.2) is 68.2 Å². The molecule has 4 aliphatic rings. The molecular weight excluding hydrogens is 520 g/mol. The fourth-order valence-corrected chi connectivity index (χ4v) is 8.46. The van der Waals surface area contributed by atoms with E-state index in [2.05, 4.69) is 4.72 Å². The third-order valence-corrected chi connectivity index (χ3v) is 10.2. The Morgan fingerprint density at radius 1 is 0.973 bits per heavy atom. The van der Waals surface area contributed by atoms with Gasteiger partial charge in [0.15, 0.2) is 0 Å². The second kappa shape index (κ2) is 9.53. The van der Waals surface area contributed by atoms with Gasteiger partial charge in [-0.1, -0.05) is 30.4 Å². The first-order valence-corrected chi connectivity index (χ1v) is 14.1. The lowest BCUT2D eigenvalue weighted by atomic mass is 9.79. The first kappa shape index (κ1) is 27.0. The zero-order chi connectivity index (χ0) is 26.6. The normalized spacial score (nSPS) is 31.3. The van der Waals surface area contributed by atoms with Gasteiger partial charge < -0.3 is 0 Å². The van der Waals surface area contributed by atoms with Gasteiger partial charge in [0.1, 0.15) is 6.54 Å². The summed E-state index contributed by atoms with van der Waals surface area (Å²) in [5.74, 6) is -1.39. The molecule has 2 aliphatic heterocycles. The van der Waals surface area contributed by atoms with Crippen molar-refractivity contribution in [2.75, 3.05) is 32.7 Å². The van der Waals surface area contributed by atoms with Gasteiger partial charge in [0.05, 0.1) is 11.5 Å². The predicted octanol–water partition coefficient (Wildman–Crippen LogP) is 4.55. The van der Waals surface area contributed by atoms with Crippen molar-refractivity contribution in [3.63, 3.8) is 0 Å². The first-order valence-electron chi connectivity index (χ1n) is 12.7. The van der Waals surface area contributed by atoms with E-state index in [-0.39, 0.29) is 31.2 Å². The van der Waals surface area contributed by atoms with E-state index in [4.69, 9.17) is 0 Å². The monoisotopic (exact) mass is 551 g/mol. The van der Waals surface area contributed by atoms with Crippen LogP contribution in [-0.2, 0) is 23.1 Å². The number of piperidine rings is 1. The molecule has 0 aromatic heterocycles. The SMILES string of the molecule is O=S1(=O)N[C@@]2(CN1CC(F)(F)F)C1CC[C@H]2Cc2ccc(/C=C/CN3CCC(C(F)(F)F)CC3)cc2C1. The zero-order valence-electron chi connectivity index (χ0n) is 20.3. The minimum absolute atomic E-state index is 0.0761. The highest BCUT2D eigenvalue weighted by Gasteiger charge is 2.60. The molecular formula is C25H31F6N3O2S. The molecule has 1 saturated carbocycles. The summed E-state index contributed by atoms with van der Waals surface area (Å²) >= 11 is 0. The van der Waals surface area contributed by atoms with Crippen LogP contribution < -0.4 is 4.72 Å². The van der Waals surface area contributed by atoms with Gasteiger partial charge in [0.25, 0.3) is 10.2 Å². The molecule has 1 aromatic carbocycles. The third-order valence-electron chi connectivity index (χ3n) is 8.66. The summed E-state index contributed by atoms with van der Waals surface area (Å²) in [6.07, 6.45) is -1.92. The molecule has 3 fully saturated rings. The second-order valence-corrected chi connectivity index (χ2v) is 12.6. The Hall–Kier alpha value is -1.63. The molecule has 0 radical (unpaired) electrons. The molecule has 37 heavy (non-hydrogen) atoms. The van der Waals surface area contributed by atoms with Gasteiger partial charge in [-0.15, -0.1) is 0 Å². The average molecular weight is 552 g/mol. The van der Waals surface area contributed by atoms with Crippen molar-refractivity contribution in [3.8, 4) is 0 Å². The molecule has 1 N–H and O–H groups in total. The summed E-state index contributed by atoms with van der Waals surface area (Å²) in [6.45, 7) is -0.280. The highest BCUT2D eigenvalue weighted by Crippen LogP contribution is 2.50. The molecule has 2 saturated heterocycles. The maximum atomic E-state index is 13.1. The number of nitrogens with one attached hydrogen (secondary N) is 1. The first-order chi connectivity index (χ1) is 17.3. The van der Waals surface area contributed by atoms with Crippen LogP contribution in [0.1, 0.15) is 42.4 Å². The van der Waals surface area contributed by atoms with Crippen LogP contribution in [0.3, 0.4) is 0 Å². The molecule has 206 valence electrons. The van der Waals surface area contributed by atoms with Crippen molar-refractivity contribution < 1.29 is 34.8 Å². The number of alkyl halides is 6. The van der Waals surface area contributed by atoms with Crippen molar-refractivity contribution in [2.24, 2.45) is 17.8 Å². The topological polar surface area (TPSA) is 52.7 Å². The number of hydrogen-bond donors (Lipinski definition) is 1. The Balaban J connectivity index is 1.26. The van der Waals surface area contributed by atoms with Gasteiger partial charge in [-0.05, 0) is 80.1 Å². The van der Waals surface area contributed by atoms with Gasteiger partial charge in [0, 0.05) is 13.1 Å². The Morgan fingerprint density at radius 2 is 1.62 bits per heavy atom. The summed E-state index contributed by atoms with van der Waals surface area (Å²) in [5.41, 5.74) is 2.21. The largest absolute Gasteiger partial charge is 0.402 e. The summed E-state index contributed by atoms with van der Waals surface area (Å²) in [4.78, 5) is 2.00. The van der Waals surface area contributed by atoms with Gasteiger partial charge in [-0.3, -0.25) is 4.90 Å². The van der Waals surface area contributed by atoms with Crippen LogP contribution in [0.15, 0.2) is 24.3 Å². The van der Waals surface area contributed by atoms with Crippen molar-refractivity contribution in [2.45, 2.75) is 56.4 Å². The number of hydrogen-bond acceptors (Lipinski definition) is 3. The van der Waals surface area contributed by atoms with E-state index < -0.39 is 40.6 Å².